The number of nitrogens with zero attached hydrogens (tertiary/aromatic N) is 5. The number of allylic oxidation sites excluding steroid dienone is 1. The van der Waals surface area contributed by atoms with E-state index in [0.717, 1.165) is 23.8 Å². The van der Waals surface area contributed by atoms with Gasteiger partial charge >= 0.3 is 6.01 Å². The molecule has 51 heavy (non-hydrogen) atoms. The van der Waals surface area contributed by atoms with Gasteiger partial charge in [0.1, 0.15) is 40.9 Å². The molecule has 2 saturated heterocycles. The monoisotopic (exact) mass is 720 g/mol. The first kappa shape index (κ1) is 37.5. The fourth-order valence-corrected chi connectivity index (χ4v) is 7.92. The van der Waals surface area contributed by atoms with E-state index in [1.807, 2.05) is 17.0 Å². The van der Waals surface area contributed by atoms with Crippen LogP contribution < -0.4 is 21.5 Å². The second kappa shape index (κ2) is 15.6. The quantitative estimate of drug-likeness (QED) is 0.109. The lowest BCUT2D eigenvalue weighted by Gasteiger charge is -2.30. The summed E-state index contributed by atoms with van der Waals surface area (Å²) in [5, 5.41) is 23.5. The number of hydrogen-bond acceptors (Lipinski definition) is 10. The first-order valence-electron chi connectivity index (χ1n) is 16.8. The van der Waals surface area contributed by atoms with E-state index in [0.29, 0.717) is 18.5 Å². The number of anilines is 2. The standard InChI is InChI=1S/C30H23F4N7OS.C7H17N/c1-13(2)19-16(9-35)20(15-4-5-18(31)25-21(15)17(10-36)28(38)43-25)23(32)24-22(19)27(37)40-29(39-24)42-12-30-6-3-7-41(30)11-14(8-30)26(33)34;1-3-5-7-8-6-4-2/h4-5H,1,3,6-8,11-12,38H2,2H3,(H2,37,39,40);8H,3-7H2,1-2H3. The highest BCUT2D eigenvalue weighted by Gasteiger charge is 2.48. The largest absolute Gasteiger partial charge is 0.461 e. The van der Waals surface area contributed by atoms with Crippen LogP contribution in [0.15, 0.2) is 30.4 Å². The van der Waals surface area contributed by atoms with Crippen molar-refractivity contribution in [1.29, 1.82) is 10.5 Å². The fourth-order valence-electron chi connectivity index (χ4n) is 6.97. The van der Waals surface area contributed by atoms with E-state index in [2.05, 4.69) is 35.7 Å². The highest BCUT2D eigenvalue weighted by Crippen LogP contribution is 2.47. The van der Waals surface area contributed by atoms with Gasteiger partial charge in [-0.05, 0) is 75.9 Å². The van der Waals surface area contributed by atoms with Crippen molar-refractivity contribution in [2.45, 2.75) is 64.8 Å². The molecule has 2 aromatic heterocycles. The van der Waals surface area contributed by atoms with Crippen LogP contribution >= 0.6 is 11.3 Å². The van der Waals surface area contributed by atoms with E-state index < -0.39 is 23.3 Å². The molecule has 2 aliphatic rings. The Morgan fingerprint density at radius 1 is 1.10 bits per heavy atom. The minimum atomic E-state index is -1.70. The highest BCUT2D eigenvalue weighted by molar-refractivity contribution is 7.23. The second-order valence-electron chi connectivity index (χ2n) is 12.9. The maximum absolute atomic E-state index is 16.7. The summed E-state index contributed by atoms with van der Waals surface area (Å²) in [5.41, 5.74) is 11.6. The van der Waals surface area contributed by atoms with Crippen LogP contribution in [0, 0.1) is 34.3 Å². The van der Waals surface area contributed by atoms with Crippen molar-refractivity contribution in [3.63, 3.8) is 0 Å². The number of unbranched alkanes of at least 4 members (excludes halogenated alkanes) is 1. The second-order valence-corrected chi connectivity index (χ2v) is 13.9. The van der Waals surface area contributed by atoms with Crippen LogP contribution in [0.2, 0.25) is 0 Å². The third-order valence-corrected chi connectivity index (χ3v) is 10.4. The zero-order valence-corrected chi connectivity index (χ0v) is 29.7. The smallest absolute Gasteiger partial charge is 0.319 e. The van der Waals surface area contributed by atoms with Gasteiger partial charge in [-0.15, -0.1) is 11.3 Å². The third kappa shape index (κ3) is 7.09. The summed E-state index contributed by atoms with van der Waals surface area (Å²) in [6.45, 7) is 13.1. The minimum Gasteiger partial charge on any atom is -0.461 e. The summed E-state index contributed by atoms with van der Waals surface area (Å²) in [6.07, 6.45) is 3.75. The van der Waals surface area contributed by atoms with Crippen LogP contribution in [0.1, 0.15) is 76.0 Å². The number of nitriles is 2. The number of hydrogen-bond donors (Lipinski definition) is 3. The lowest BCUT2D eigenvalue weighted by atomic mass is 9.87. The van der Waals surface area contributed by atoms with Gasteiger partial charge in [0.05, 0.1) is 26.8 Å². The highest BCUT2D eigenvalue weighted by atomic mass is 32.1. The molecule has 2 fully saturated rings. The van der Waals surface area contributed by atoms with E-state index in [-0.39, 0.29) is 90.8 Å². The SMILES string of the molecule is C=C(C)c1c(C#N)c(-c2ccc(F)c3sc(N)c(C#N)c23)c(F)c2nc(OCC34CCCN3CC(=C(F)F)C4)nc(N)c12.CCCCNCCC. The van der Waals surface area contributed by atoms with Crippen molar-refractivity contribution >= 4 is 48.7 Å². The Morgan fingerprint density at radius 3 is 2.49 bits per heavy atom. The molecule has 5 N–H and O–H groups in total. The summed E-state index contributed by atoms with van der Waals surface area (Å²) < 4.78 is 64.3. The fraction of sp³-hybridized carbons (Fsp3) is 0.405. The van der Waals surface area contributed by atoms with Gasteiger partial charge in [-0.25, -0.2) is 8.78 Å². The molecule has 268 valence electrons. The van der Waals surface area contributed by atoms with Gasteiger partial charge in [-0.2, -0.15) is 29.3 Å². The maximum atomic E-state index is 16.7. The molecule has 4 aromatic rings. The molecule has 0 saturated carbocycles. The Labute approximate surface area is 298 Å². The number of aromatic nitrogens is 2. The summed E-state index contributed by atoms with van der Waals surface area (Å²) in [7, 11) is 0. The zero-order chi connectivity index (χ0) is 37.0. The van der Waals surface area contributed by atoms with E-state index in [1.54, 1.807) is 6.92 Å². The van der Waals surface area contributed by atoms with Gasteiger partial charge in [0.2, 0.25) is 0 Å². The lowest BCUT2D eigenvalue weighted by Crippen LogP contribution is -2.43. The van der Waals surface area contributed by atoms with Gasteiger partial charge in [-0.1, -0.05) is 32.9 Å². The molecule has 0 bridgehead atoms. The Balaban J connectivity index is 0.000000565. The number of nitrogens with two attached hydrogens (primary N) is 2. The van der Waals surface area contributed by atoms with E-state index in [1.165, 1.54) is 38.4 Å². The average Bonchev–Trinajstić information content (AvgIpc) is 3.77. The molecule has 1 unspecified atom stereocenters. The van der Waals surface area contributed by atoms with Crippen LogP contribution in [-0.4, -0.2) is 53.2 Å². The third-order valence-electron chi connectivity index (χ3n) is 9.37. The van der Waals surface area contributed by atoms with E-state index in [4.69, 9.17) is 16.2 Å². The predicted molar refractivity (Wildman–Crippen MR) is 194 cm³/mol. The molecule has 9 nitrogen and oxygen atoms in total. The van der Waals surface area contributed by atoms with Crippen LogP contribution in [0.25, 0.3) is 37.7 Å². The molecule has 14 heteroatoms. The molecular weight excluding hydrogens is 681 g/mol. The topological polar surface area (TPSA) is 150 Å². The van der Waals surface area contributed by atoms with Crippen molar-refractivity contribution in [2.75, 3.05) is 44.3 Å². The van der Waals surface area contributed by atoms with Gasteiger partial charge in [0, 0.05) is 28.6 Å². The Bertz CT molecular complexity index is 2110. The van der Waals surface area contributed by atoms with E-state index in [9.17, 15) is 23.7 Å². The lowest BCUT2D eigenvalue weighted by molar-refractivity contribution is 0.108. The number of rotatable bonds is 10. The molecule has 2 aliphatic heterocycles. The molecular formula is C37H40F4N8OS. The molecule has 4 heterocycles. The van der Waals surface area contributed by atoms with Crippen molar-refractivity contribution in [3.05, 3.63) is 58.7 Å². The predicted octanol–water partition coefficient (Wildman–Crippen LogP) is 8.28. The zero-order valence-electron chi connectivity index (χ0n) is 28.9. The van der Waals surface area contributed by atoms with Crippen LogP contribution in [-0.2, 0) is 0 Å². The van der Waals surface area contributed by atoms with Crippen molar-refractivity contribution in [3.8, 4) is 29.3 Å². The Hall–Kier alpha value is -4.76. The number of halogens is 4. The molecule has 0 amide bonds. The number of nitrogen functional groups attached to an aromatic ring is 2. The summed E-state index contributed by atoms with van der Waals surface area (Å²) in [5.74, 6) is -1.80. The molecule has 0 aliphatic carbocycles. The van der Waals surface area contributed by atoms with Crippen LogP contribution in [0.3, 0.4) is 0 Å². The van der Waals surface area contributed by atoms with Crippen LogP contribution in [0.4, 0.5) is 28.4 Å². The molecule has 1 atom stereocenters. The summed E-state index contributed by atoms with van der Waals surface area (Å²) >= 11 is 0.842. The van der Waals surface area contributed by atoms with Gasteiger partial charge in [0.15, 0.2) is 5.82 Å². The Morgan fingerprint density at radius 2 is 1.84 bits per heavy atom. The molecule has 2 aromatic carbocycles. The van der Waals surface area contributed by atoms with Crippen molar-refractivity contribution < 1.29 is 22.3 Å². The number of nitrogens with one attached hydrogen (secondary N) is 1. The molecule has 6 rings (SSSR count). The number of benzene rings is 2. The average molecular weight is 721 g/mol. The number of thiophene rings is 1. The van der Waals surface area contributed by atoms with Gasteiger partial charge < -0.3 is 21.5 Å². The first-order chi connectivity index (χ1) is 24.4. The van der Waals surface area contributed by atoms with Crippen molar-refractivity contribution in [2.24, 2.45) is 0 Å². The summed E-state index contributed by atoms with van der Waals surface area (Å²) in [6, 6.07) is 6.10. The van der Waals surface area contributed by atoms with Gasteiger partial charge in [-0.3, -0.25) is 4.90 Å². The van der Waals surface area contributed by atoms with E-state index >= 15 is 4.39 Å². The molecule has 0 spiro atoms. The number of fused-ring (bicyclic) bond motifs is 3. The maximum Gasteiger partial charge on any atom is 0.319 e. The normalized spacial score (nSPS) is 16.8. The minimum absolute atomic E-state index is 0.0227. The van der Waals surface area contributed by atoms with Crippen molar-refractivity contribution in [1.82, 2.24) is 20.2 Å². The van der Waals surface area contributed by atoms with Gasteiger partial charge in [0.25, 0.3) is 6.08 Å². The molecule has 0 radical (unpaired) electrons. The summed E-state index contributed by atoms with van der Waals surface area (Å²) in [4.78, 5) is 10.5. The van der Waals surface area contributed by atoms with Crippen LogP contribution in [0.5, 0.6) is 6.01 Å². The number of ether oxygens (including phenoxy) is 1. The first-order valence-corrected chi connectivity index (χ1v) is 17.7. The Kier molecular flexibility index (Phi) is 11.5.